The molecule has 0 aliphatic heterocycles. The predicted molar refractivity (Wildman–Crippen MR) is 106 cm³/mol. The molecule has 0 spiro atoms. The van der Waals surface area contributed by atoms with E-state index in [1.165, 1.54) is 16.7 Å². The Morgan fingerprint density at radius 2 is 1.58 bits per heavy atom. The third kappa shape index (κ3) is 5.35. The van der Waals surface area contributed by atoms with Gasteiger partial charge in [-0.15, -0.1) is 0 Å². The fourth-order valence-corrected chi connectivity index (χ4v) is 2.95. The second-order valence-corrected chi connectivity index (χ2v) is 7.81. The molecular weight excluding hydrogens is 322 g/mol. The SMILES string of the molecule is CC(C)COc1ccc(-c2ccc(CC(C)NC(=O)C3CC3)cc2)cc1. The number of amides is 1. The normalized spacial score (nSPS) is 14.9. The van der Waals surface area contributed by atoms with Crippen molar-refractivity contribution in [3.8, 4) is 16.9 Å². The summed E-state index contributed by atoms with van der Waals surface area (Å²) in [5.74, 6) is 1.93. The molecule has 1 amide bonds. The van der Waals surface area contributed by atoms with Gasteiger partial charge in [-0.05, 0) is 60.9 Å². The van der Waals surface area contributed by atoms with Gasteiger partial charge in [-0.2, -0.15) is 0 Å². The highest BCUT2D eigenvalue weighted by atomic mass is 16.5. The van der Waals surface area contributed by atoms with E-state index < -0.39 is 0 Å². The number of carbonyl (C=O) groups is 1. The van der Waals surface area contributed by atoms with Crippen LogP contribution in [0.5, 0.6) is 5.75 Å². The Kier molecular flexibility index (Phi) is 5.97. The molecule has 1 aliphatic carbocycles. The van der Waals surface area contributed by atoms with Gasteiger partial charge in [0.1, 0.15) is 5.75 Å². The first-order valence-corrected chi connectivity index (χ1v) is 9.64. The quantitative estimate of drug-likeness (QED) is 0.738. The van der Waals surface area contributed by atoms with Crippen LogP contribution < -0.4 is 10.1 Å². The van der Waals surface area contributed by atoms with Crippen molar-refractivity contribution in [2.75, 3.05) is 6.61 Å². The Balaban J connectivity index is 1.55. The monoisotopic (exact) mass is 351 g/mol. The third-order valence-electron chi connectivity index (χ3n) is 4.60. The molecule has 2 aromatic carbocycles. The van der Waals surface area contributed by atoms with E-state index in [-0.39, 0.29) is 17.9 Å². The lowest BCUT2D eigenvalue weighted by Gasteiger charge is -2.14. The molecular formula is C23H29NO2. The lowest BCUT2D eigenvalue weighted by molar-refractivity contribution is -0.122. The zero-order chi connectivity index (χ0) is 18.5. The Hall–Kier alpha value is -2.29. The first-order chi connectivity index (χ1) is 12.5. The first kappa shape index (κ1) is 18.5. The summed E-state index contributed by atoms with van der Waals surface area (Å²) in [6.07, 6.45) is 2.96. The summed E-state index contributed by atoms with van der Waals surface area (Å²) in [5, 5.41) is 3.11. The Bertz CT molecular complexity index is 715. The summed E-state index contributed by atoms with van der Waals surface area (Å²) < 4.78 is 5.74. The average molecular weight is 351 g/mol. The maximum atomic E-state index is 11.8. The van der Waals surface area contributed by atoms with Gasteiger partial charge < -0.3 is 10.1 Å². The van der Waals surface area contributed by atoms with Crippen LogP contribution in [0.2, 0.25) is 0 Å². The second kappa shape index (κ2) is 8.39. The van der Waals surface area contributed by atoms with E-state index >= 15 is 0 Å². The van der Waals surface area contributed by atoms with Crippen molar-refractivity contribution < 1.29 is 9.53 Å². The number of carbonyl (C=O) groups excluding carboxylic acids is 1. The molecule has 1 N–H and O–H groups in total. The highest BCUT2D eigenvalue weighted by Crippen LogP contribution is 2.29. The molecule has 0 heterocycles. The summed E-state index contributed by atoms with van der Waals surface area (Å²) in [6.45, 7) is 7.11. The van der Waals surface area contributed by atoms with E-state index in [0.717, 1.165) is 31.6 Å². The van der Waals surface area contributed by atoms with Crippen molar-refractivity contribution in [1.82, 2.24) is 5.32 Å². The summed E-state index contributed by atoms with van der Waals surface area (Å²) in [7, 11) is 0. The van der Waals surface area contributed by atoms with Crippen LogP contribution >= 0.6 is 0 Å². The van der Waals surface area contributed by atoms with Gasteiger partial charge in [0.2, 0.25) is 5.91 Å². The van der Waals surface area contributed by atoms with Crippen LogP contribution in [0.3, 0.4) is 0 Å². The van der Waals surface area contributed by atoms with Crippen LogP contribution in [-0.2, 0) is 11.2 Å². The van der Waals surface area contributed by atoms with Gasteiger partial charge in [0.25, 0.3) is 0 Å². The Morgan fingerprint density at radius 3 is 2.12 bits per heavy atom. The highest BCUT2D eigenvalue weighted by Gasteiger charge is 2.30. The lowest BCUT2D eigenvalue weighted by Crippen LogP contribution is -2.35. The first-order valence-electron chi connectivity index (χ1n) is 9.64. The van der Waals surface area contributed by atoms with Gasteiger partial charge in [-0.1, -0.05) is 50.2 Å². The van der Waals surface area contributed by atoms with E-state index in [1.807, 2.05) is 12.1 Å². The summed E-state index contributed by atoms with van der Waals surface area (Å²) in [6, 6.07) is 17.0. The van der Waals surface area contributed by atoms with E-state index in [9.17, 15) is 4.79 Å². The zero-order valence-corrected chi connectivity index (χ0v) is 16.0. The molecule has 0 bridgehead atoms. The number of benzene rings is 2. The molecule has 26 heavy (non-hydrogen) atoms. The van der Waals surface area contributed by atoms with E-state index in [1.54, 1.807) is 0 Å². The van der Waals surface area contributed by atoms with E-state index in [2.05, 4.69) is 62.5 Å². The van der Waals surface area contributed by atoms with Crippen molar-refractivity contribution in [3.63, 3.8) is 0 Å². The van der Waals surface area contributed by atoms with Crippen molar-refractivity contribution in [2.45, 2.75) is 46.1 Å². The molecule has 2 aromatic rings. The van der Waals surface area contributed by atoms with Gasteiger partial charge in [-0.25, -0.2) is 0 Å². The van der Waals surface area contributed by atoms with Crippen molar-refractivity contribution in [2.24, 2.45) is 11.8 Å². The summed E-state index contributed by atoms with van der Waals surface area (Å²) in [4.78, 5) is 11.8. The van der Waals surface area contributed by atoms with Gasteiger partial charge >= 0.3 is 0 Å². The van der Waals surface area contributed by atoms with Crippen LogP contribution in [0, 0.1) is 11.8 Å². The smallest absolute Gasteiger partial charge is 0.223 e. The van der Waals surface area contributed by atoms with Crippen LogP contribution in [0.15, 0.2) is 48.5 Å². The highest BCUT2D eigenvalue weighted by molar-refractivity contribution is 5.81. The molecule has 0 aromatic heterocycles. The minimum atomic E-state index is 0.173. The van der Waals surface area contributed by atoms with Crippen LogP contribution in [-0.4, -0.2) is 18.6 Å². The predicted octanol–water partition coefficient (Wildman–Crippen LogP) is 4.85. The standard InChI is InChI=1S/C23H29NO2/c1-16(2)15-26-22-12-10-20(11-13-22)19-6-4-18(5-7-19)14-17(3)24-23(25)21-8-9-21/h4-7,10-13,16-17,21H,8-9,14-15H2,1-3H3,(H,24,25). The maximum absolute atomic E-state index is 11.8. The van der Waals surface area contributed by atoms with Crippen molar-refractivity contribution in [1.29, 1.82) is 0 Å². The average Bonchev–Trinajstić information content (AvgIpc) is 3.46. The zero-order valence-electron chi connectivity index (χ0n) is 16.0. The van der Waals surface area contributed by atoms with Gasteiger partial charge in [0.15, 0.2) is 0 Å². The summed E-state index contributed by atoms with van der Waals surface area (Å²) >= 11 is 0. The molecule has 138 valence electrons. The molecule has 1 atom stereocenters. The number of hydrogen-bond donors (Lipinski definition) is 1. The number of hydrogen-bond acceptors (Lipinski definition) is 2. The Labute approximate surface area is 156 Å². The number of rotatable bonds is 8. The second-order valence-electron chi connectivity index (χ2n) is 7.81. The Morgan fingerprint density at radius 1 is 1.00 bits per heavy atom. The van der Waals surface area contributed by atoms with Gasteiger partial charge in [-0.3, -0.25) is 4.79 Å². The summed E-state index contributed by atoms with van der Waals surface area (Å²) in [5.41, 5.74) is 3.62. The van der Waals surface area contributed by atoms with Crippen LogP contribution in [0.4, 0.5) is 0 Å². The lowest BCUT2D eigenvalue weighted by atomic mass is 10.0. The number of nitrogens with one attached hydrogen (secondary N) is 1. The third-order valence-corrected chi connectivity index (χ3v) is 4.60. The molecule has 1 aliphatic rings. The van der Waals surface area contributed by atoms with E-state index in [4.69, 9.17) is 4.74 Å². The molecule has 0 radical (unpaired) electrons. The molecule has 3 nitrogen and oxygen atoms in total. The van der Waals surface area contributed by atoms with E-state index in [0.29, 0.717) is 5.92 Å². The topological polar surface area (TPSA) is 38.3 Å². The molecule has 1 fully saturated rings. The van der Waals surface area contributed by atoms with Gasteiger partial charge in [0, 0.05) is 12.0 Å². The minimum Gasteiger partial charge on any atom is -0.493 e. The number of ether oxygens (including phenoxy) is 1. The van der Waals surface area contributed by atoms with Gasteiger partial charge in [0.05, 0.1) is 6.61 Å². The molecule has 3 heteroatoms. The largest absolute Gasteiger partial charge is 0.493 e. The van der Waals surface area contributed by atoms with Crippen LogP contribution in [0.25, 0.3) is 11.1 Å². The minimum absolute atomic E-state index is 0.173. The fourth-order valence-electron chi connectivity index (χ4n) is 2.95. The fraction of sp³-hybridized carbons (Fsp3) is 0.435. The molecule has 1 unspecified atom stereocenters. The van der Waals surface area contributed by atoms with Crippen molar-refractivity contribution >= 4 is 5.91 Å². The van der Waals surface area contributed by atoms with Crippen molar-refractivity contribution in [3.05, 3.63) is 54.1 Å². The van der Waals surface area contributed by atoms with Crippen LogP contribution in [0.1, 0.15) is 39.2 Å². The molecule has 0 saturated heterocycles. The maximum Gasteiger partial charge on any atom is 0.223 e. The molecule has 3 rings (SSSR count). The molecule has 1 saturated carbocycles.